The number of carboxylic acids is 1. The molecular formula is C17H17F3N2O2. The molecule has 2 atom stereocenters. The Hall–Kier alpha value is -2.31. The van der Waals surface area contributed by atoms with E-state index in [9.17, 15) is 23.1 Å². The molecule has 1 saturated carbocycles. The molecule has 128 valence electrons. The highest BCUT2D eigenvalue weighted by molar-refractivity contribution is 5.82. The molecule has 1 aliphatic rings. The standard InChI is InChI=1S/C17H17F3N2O2/c1-10-13(3-2-4-14(10)18)17(15(23)24)6-5-11(7-17)12-8-21-22(9-12)16(19)20/h2-4,8-9,11,16H,5-7H2,1H3,(H,23,24)/t11-,17+/m0/s1. The van der Waals surface area contributed by atoms with Gasteiger partial charge in [0.1, 0.15) is 5.82 Å². The van der Waals surface area contributed by atoms with E-state index in [-0.39, 0.29) is 12.3 Å². The largest absolute Gasteiger partial charge is 0.481 e. The summed E-state index contributed by atoms with van der Waals surface area (Å²) >= 11 is 0. The quantitative estimate of drug-likeness (QED) is 0.916. The zero-order valence-electron chi connectivity index (χ0n) is 13.0. The molecule has 7 heteroatoms. The van der Waals surface area contributed by atoms with E-state index in [0.717, 1.165) is 0 Å². The third-order valence-corrected chi connectivity index (χ3v) is 5.00. The van der Waals surface area contributed by atoms with Crippen molar-refractivity contribution in [1.82, 2.24) is 9.78 Å². The molecule has 1 fully saturated rings. The Labute approximate surface area is 136 Å². The summed E-state index contributed by atoms with van der Waals surface area (Å²) in [5.41, 5.74) is 0.166. The molecular weight excluding hydrogens is 321 g/mol. The zero-order valence-corrected chi connectivity index (χ0v) is 13.0. The molecule has 0 radical (unpaired) electrons. The molecule has 2 aromatic rings. The van der Waals surface area contributed by atoms with Crippen LogP contribution in [0.2, 0.25) is 0 Å². The van der Waals surface area contributed by atoms with Gasteiger partial charge in [-0.3, -0.25) is 4.79 Å². The van der Waals surface area contributed by atoms with Crippen LogP contribution < -0.4 is 0 Å². The van der Waals surface area contributed by atoms with Crippen LogP contribution in [0.5, 0.6) is 0 Å². The van der Waals surface area contributed by atoms with Gasteiger partial charge in [0.25, 0.3) is 0 Å². The average Bonchev–Trinajstić information content (AvgIpc) is 3.17. The van der Waals surface area contributed by atoms with Crippen LogP contribution in [-0.2, 0) is 10.2 Å². The van der Waals surface area contributed by atoms with Gasteiger partial charge in [-0.15, -0.1) is 0 Å². The molecule has 1 heterocycles. The second-order valence-electron chi connectivity index (χ2n) is 6.27. The smallest absolute Gasteiger partial charge is 0.333 e. The molecule has 0 amide bonds. The number of alkyl halides is 2. The van der Waals surface area contributed by atoms with E-state index in [1.54, 1.807) is 13.0 Å². The van der Waals surface area contributed by atoms with Gasteiger partial charge >= 0.3 is 12.5 Å². The number of aliphatic carboxylic acids is 1. The fourth-order valence-electron chi connectivity index (χ4n) is 3.68. The van der Waals surface area contributed by atoms with Crippen LogP contribution >= 0.6 is 0 Å². The van der Waals surface area contributed by atoms with Crippen molar-refractivity contribution in [3.05, 3.63) is 53.1 Å². The Balaban J connectivity index is 1.96. The first-order valence-electron chi connectivity index (χ1n) is 7.66. The van der Waals surface area contributed by atoms with Gasteiger partial charge in [-0.1, -0.05) is 12.1 Å². The molecule has 0 spiro atoms. The molecule has 3 rings (SSSR count). The normalized spacial score (nSPS) is 23.8. The van der Waals surface area contributed by atoms with Gasteiger partial charge < -0.3 is 5.11 Å². The van der Waals surface area contributed by atoms with Crippen LogP contribution in [0, 0.1) is 12.7 Å². The second-order valence-corrected chi connectivity index (χ2v) is 6.27. The van der Waals surface area contributed by atoms with Crippen molar-refractivity contribution in [2.45, 2.75) is 44.1 Å². The van der Waals surface area contributed by atoms with Crippen LogP contribution in [0.3, 0.4) is 0 Å². The Kier molecular flexibility index (Phi) is 4.11. The molecule has 1 aromatic heterocycles. The Morgan fingerprint density at radius 1 is 1.46 bits per heavy atom. The van der Waals surface area contributed by atoms with Crippen molar-refractivity contribution in [2.24, 2.45) is 0 Å². The first-order valence-corrected chi connectivity index (χ1v) is 7.66. The maximum absolute atomic E-state index is 13.9. The zero-order chi connectivity index (χ0) is 17.5. The highest BCUT2D eigenvalue weighted by atomic mass is 19.3. The number of aromatic nitrogens is 2. The van der Waals surface area contributed by atoms with Crippen LogP contribution in [-0.4, -0.2) is 20.9 Å². The SMILES string of the molecule is Cc1c(F)cccc1[C@@]1(C(=O)O)CC[C@H](c2cnn(C(F)F)c2)C1. The summed E-state index contributed by atoms with van der Waals surface area (Å²) in [5, 5.41) is 13.4. The van der Waals surface area contributed by atoms with Crippen molar-refractivity contribution >= 4 is 5.97 Å². The lowest BCUT2D eigenvalue weighted by atomic mass is 9.76. The number of rotatable bonds is 4. The lowest BCUT2D eigenvalue weighted by Gasteiger charge is -2.27. The summed E-state index contributed by atoms with van der Waals surface area (Å²) in [6.45, 7) is -1.16. The summed E-state index contributed by atoms with van der Waals surface area (Å²) < 4.78 is 39.8. The van der Waals surface area contributed by atoms with Gasteiger partial charge in [0, 0.05) is 6.20 Å². The Bertz CT molecular complexity index is 775. The second kappa shape index (κ2) is 5.96. The van der Waals surface area contributed by atoms with Crippen molar-refractivity contribution in [3.8, 4) is 0 Å². The molecule has 4 nitrogen and oxygen atoms in total. The predicted octanol–water partition coefficient (Wildman–Crippen LogP) is 4.02. The van der Waals surface area contributed by atoms with Gasteiger partial charge in [0.15, 0.2) is 0 Å². The minimum Gasteiger partial charge on any atom is -0.481 e. The van der Waals surface area contributed by atoms with Gasteiger partial charge in [-0.2, -0.15) is 13.9 Å². The van der Waals surface area contributed by atoms with Crippen molar-refractivity contribution < 1.29 is 23.1 Å². The Morgan fingerprint density at radius 3 is 2.83 bits per heavy atom. The van der Waals surface area contributed by atoms with E-state index >= 15 is 0 Å². The van der Waals surface area contributed by atoms with Gasteiger partial charge in [-0.05, 0) is 54.9 Å². The summed E-state index contributed by atoms with van der Waals surface area (Å²) in [6, 6.07) is 4.44. The van der Waals surface area contributed by atoms with Crippen LogP contribution in [0.4, 0.5) is 13.2 Å². The predicted molar refractivity (Wildman–Crippen MR) is 80.5 cm³/mol. The summed E-state index contributed by atoms with van der Waals surface area (Å²) in [7, 11) is 0. The van der Waals surface area contributed by atoms with Gasteiger partial charge in [-0.25, -0.2) is 9.07 Å². The van der Waals surface area contributed by atoms with E-state index in [1.165, 1.54) is 24.5 Å². The van der Waals surface area contributed by atoms with Crippen LogP contribution in [0.25, 0.3) is 0 Å². The average molecular weight is 338 g/mol. The Morgan fingerprint density at radius 2 is 2.21 bits per heavy atom. The lowest BCUT2D eigenvalue weighted by molar-refractivity contribution is -0.143. The monoisotopic (exact) mass is 338 g/mol. The number of halogens is 3. The highest BCUT2D eigenvalue weighted by Crippen LogP contribution is 2.49. The highest BCUT2D eigenvalue weighted by Gasteiger charge is 2.48. The first-order chi connectivity index (χ1) is 11.3. The maximum Gasteiger partial charge on any atom is 0.333 e. The van der Waals surface area contributed by atoms with Gasteiger partial charge in [0.05, 0.1) is 11.6 Å². The van der Waals surface area contributed by atoms with E-state index in [1.807, 2.05) is 0 Å². The maximum atomic E-state index is 13.9. The molecule has 0 unspecified atom stereocenters. The van der Waals surface area contributed by atoms with E-state index in [2.05, 4.69) is 5.10 Å². The molecule has 1 aromatic carbocycles. The molecule has 1 aliphatic carbocycles. The van der Waals surface area contributed by atoms with Crippen molar-refractivity contribution in [1.29, 1.82) is 0 Å². The number of carbonyl (C=O) groups is 1. The molecule has 0 saturated heterocycles. The fraction of sp³-hybridized carbons (Fsp3) is 0.412. The van der Waals surface area contributed by atoms with E-state index in [0.29, 0.717) is 34.2 Å². The fourth-order valence-corrected chi connectivity index (χ4v) is 3.68. The summed E-state index contributed by atoms with van der Waals surface area (Å²) in [6.07, 6.45) is 3.70. The minimum atomic E-state index is -2.73. The van der Waals surface area contributed by atoms with Crippen LogP contribution in [0.15, 0.2) is 30.6 Å². The third-order valence-electron chi connectivity index (χ3n) is 5.00. The molecule has 24 heavy (non-hydrogen) atoms. The summed E-state index contributed by atoms with van der Waals surface area (Å²) in [4.78, 5) is 12.0. The number of hydrogen-bond acceptors (Lipinski definition) is 2. The van der Waals surface area contributed by atoms with Crippen LogP contribution in [0.1, 0.15) is 48.4 Å². The van der Waals surface area contributed by atoms with E-state index in [4.69, 9.17) is 0 Å². The number of carboxylic acid groups (broad SMARTS) is 1. The number of benzene rings is 1. The lowest BCUT2D eigenvalue weighted by Crippen LogP contribution is -2.34. The number of nitrogens with zero attached hydrogens (tertiary/aromatic N) is 2. The van der Waals surface area contributed by atoms with Gasteiger partial charge in [0.2, 0.25) is 0 Å². The molecule has 0 aliphatic heterocycles. The molecule has 0 bridgehead atoms. The molecule has 1 N–H and O–H groups in total. The van der Waals surface area contributed by atoms with E-state index < -0.39 is 23.8 Å². The topological polar surface area (TPSA) is 55.1 Å². The van der Waals surface area contributed by atoms with Crippen molar-refractivity contribution in [3.63, 3.8) is 0 Å². The number of hydrogen-bond donors (Lipinski definition) is 1. The first kappa shape index (κ1) is 16.5. The van der Waals surface area contributed by atoms with Crippen molar-refractivity contribution in [2.75, 3.05) is 0 Å². The third kappa shape index (κ3) is 2.57. The summed E-state index contributed by atoms with van der Waals surface area (Å²) in [5.74, 6) is -1.65. The minimum absolute atomic E-state index is 0.198.